The molecule has 170 valence electrons. The third kappa shape index (κ3) is 5.07. The van der Waals surface area contributed by atoms with Gasteiger partial charge in [0, 0.05) is 17.2 Å². The number of nitrogens with zero attached hydrogens (tertiary/aromatic N) is 3. The smallest absolute Gasteiger partial charge is 0.234 e. The molecular weight excluding hydrogens is 500 g/mol. The molecule has 4 rings (SSSR count). The van der Waals surface area contributed by atoms with Crippen molar-refractivity contribution in [1.82, 2.24) is 14.8 Å². The van der Waals surface area contributed by atoms with Crippen LogP contribution in [0.15, 0.2) is 58.2 Å². The molecule has 8 heteroatoms. The Morgan fingerprint density at radius 3 is 2.64 bits per heavy atom. The number of nitrogens with one attached hydrogen (secondary N) is 1. The molecule has 6 nitrogen and oxygen atoms in total. The molecule has 0 aliphatic rings. The van der Waals surface area contributed by atoms with E-state index >= 15 is 0 Å². The van der Waals surface area contributed by atoms with Gasteiger partial charge in [-0.15, -0.1) is 10.2 Å². The zero-order valence-corrected chi connectivity index (χ0v) is 21.4. The summed E-state index contributed by atoms with van der Waals surface area (Å²) in [6.07, 6.45) is 0. The second kappa shape index (κ2) is 9.97. The standard InChI is InChI=1S/C25H25BrN4O2S/c1-15-16(2)21(11-10-20(15)26)27-24(31)14-33-25-29-28-23(30(25)4)13-32-22-12-9-18-7-5-6-8-19(18)17(22)3/h5-12H,13-14H2,1-4H3,(H,27,31). The van der Waals surface area contributed by atoms with Crippen molar-refractivity contribution in [2.24, 2.45) is 7.05 Å². The average molecular weight is 525 g/mol. The van der Waals surface area contributed by atoms with Gasteiger partial charge in [0.15, 0.2) is 11.0 Å². The Kier molecular flexibility index (Phi) is 7.05. The molecule has 1 aromatic heterocycles. The van der Waals surface area contributed by atoms with Crippen LogP contribution in [0, 0.1) is 20.8 Å². The monoisotopic (exact) mass is 524 g/mol. The molecule has 0 fully saturated rings. The summed E-state index contributed by atoms with van der Waals surface area (Å²) in [5, 5.41) is 14.5. The Morgan fingerprint density at radius 2 is 1.82 bits per heavy atom. The van der Waals surface area contributed by atoms with Crippen LogP contribution >= 0.6 is 27.7 Å². The van der Waals surface area contributed by atoms with Crippen molar-refractivity contribution in [3.8, 4) is 5.75 Å². The Hall–Kier alpha value is -2.84. The van der Waals surface area contributed by atoms with E-state index in [0.717, 1.165) is 32.6 Å². The molecule has 4 aromatic rings. The van der Waals surface area contributed by atoms with E-state index in [2.05, 4.69) is 56.6 Å². The number of carbonyl (C=O) groups is 1. The molecule has 33 heavy (non-hydrogen) atoms. The highest BCUT2D eigenvalue weighted by atomic mass is 79.9. The third-order valence-corrected chi connectivity index (χ3v) is 7.64. The third-order valence-electron chi connectivity index (χ3n) is 5.76. The van der Waals surface area contributed by atoms with Gasteiger partial charge in [-0.3, -0.25) is 4.79 Å². The molecular formula is C25H25BrN4O2S. The first-order chi connectivity index (χ1) is 15.8. The number of rotatable bonds is 7. The summed E-state index contributed by atoms with van der Waals surface area (Å²) in [4.78, 5) is 12.5. The van der Waals surface area contributed by atoms with Gasteiger partial charge in [0.25, 0.3) is 0 Å². The summed E-state index contributed by atoms with van der Waals surface area (Å²) in [6.45, 7) is 6.37. The molecule has 1 amide bonds. The lowest BCUT2D eigenvalue weighted by Crippen LogP contribution is -2.15. The summed E-state index contributed by atoms with van der Waals surface area (Å²) in [5.41, 5.74) is 4.07. The Morgan fingerprint density at radius 1 is 1.03 bits per heavy atom. The highest BCUT2D eigenvalue weighted by molar-refractivity contribution is 9.10. The zero-order valence-electron chi connectivity index (χ0n) is 19.0. The predicted octanol–water partition coefficient (Wildman–Crippen LogP) is 5.97. The Balaban J connectivity index is 1.37. The summed E-state index contributed by atoms with van der Waals surface area (Å²) in [6, 6.07) is 16.1. The number of ether oxygens (including phenoxy) is 1. The van der Waals surface area contributed by atoms with E-state index in [0.29, 0.717) is 17.6 Å². The number of benzene rings is 3. The molecule has 0 aliphatic heterocycles. The van der Waals surface area contributed by atoms with Gasteiger partial charge in [0.1, 0.15) is 12.4 Å². The maximum atomic E-state index is 12.5. The van der Waals surface area contributed by atoms with Gasteiger partial charge in [-0.25, -0.2) is 0 Å². The molecule has 0 aliphatic carbocycles. The summed E-state index contributed by atoms with van der Waals surface area (Å²) in [7, 11) is 1.88. The number of fused-ring (bicyclic) bond motifs is 1. The van der Waals surface area contributed by atoms with E-state index in [1.165, 1.54) is 22.5 Å². The van der Waals surface area contributed by atoms with Crippen LogP contribution in [0.25, 0.3) is 10.8 Å². The SMILES string of the molecule is Cc1c(Br)ccc(NC(=O)CSc2nnc(COc3ccc4ccccc4c3C)n2C)c1C. The lowest BCUT2D eigenvalue weighted by atomic mass is 10.0. The fourth-order valence-electron chi connectivity index (χ4n) is 3.54. The lowest BCUT2D eigenvalue weighted by molar-refractivity contribution is -0.113. The van der Waals surface area contributed by atoms with Crippen molar-refractivity contribution in [3.05, 3.63) is 75.5 Å². The number of thioether (sulfide) groups is 1. The highest BCUT2D eigenvalue weighted by Gasteiger charge is 2.14. The molecule has 0 unspecified atom stereocenters. The maximum Gasteiger partial charge on any atom is 0.234 e. The van der Waals surface area contributed by atoms with Crippen LogP contribution in [0.3, 0.4) is 0 Å². The van der Waals surface area contributed by atoms with E-state index in [9.17, 15) is 4.79 Å². The first-order valence-electron chi connectivity index (χ1n) is 10.5. The minimum absolute atomic E-state index is 0.0857. The van der Waals surface area contributed by atoms with Crippen molar-refractivity contribution in [1.29, 1.82) is 0 Å². The van der Waals surface area contributed by atoms with Crippen LogP contribution in [0.4, 0.5) is 5.69 Å². The van der Waals surface area contributed by atoms with Gasteiger partial charge in [0.2, 0.25) is 5.91 Å². The highest BCUT2D eigenvalue weighted by Crippen LogP contribution is 2.28. The molecule has 1 heterocycles. The topological polar surface area (TPSA) is 69.0 Å². The van der Waals surface area contributed by atoms with Crippen LogP contribution in [-0.2, 0) is 18.4 Å². The molecule has 3 aromatic carbocycles. The van der Waals surface area contributed by atoms with Gasteiger partial charge >= 0.3 is 0 Å². The number of carbonyl (C=O) groups excluding carboxylic acids is 1. The van der Waals surface area contributed by atoms with E-state index in [-0.39, 0.29) is 11.7 Å². The fourth-order valence-corrected chi connectivity index (χ4v) is 4.70. The second-order valence-corrected chi connectivity index (χ2v) is 9.63. The van der Waals surface area contributed by atoms with Crippen molar-refractivity contribution >= 4 is 50.1 Å². The first-order valence-corrected chi connectivity index (χ1v) is 12.3. The van der Waals surface area contributed by atoms with Crippen LogP contribution in [0.5, 0.6) is 5.75 Å². The van der Waals surface area contributed by atoms with Gasteiger partial charge < -0.3 is 14.6 Å². The minimum atomic E-state index is -0.0857. The van der Waals surface area contributed by atoms with Gasteiger partial charge in [-0.1, -0.05) is 58.0 Å². The second-order valence-electron chi connectivity index (χ2n) is 7.84. The predicted molar refractivity (Wildman–Crippen MR) is 137 cm³/mol. The number of halogens is 1. The van der Waals surface area contributed by atoms with Crippen molar-refractivity contribution in [2.45, 2.75) is 32.5 Å². The average Bonchev–Trinajstić information content (AvgIpc) is 3.17. The first kappa shape index (κ1) is 23.3. The quantitative estimate of drug-likeness (QED) is 0.302. The number of hydrogen-bond donors (Lipinski definition) is 1. The summed E-state index contributed by atoms with van der Waals surface area (Å²) < 4.78 is 8.94. The van der Waals surface area contributed by atoms with Crippen LogP contribution in [-0.4, -0.2) is 26.4 Å². The minimum Gasteiger partial charge on any atom is -0.485 e. The number of hydrogen-bond acceptors (Lipinski definition) is 5. The van der Waals surface area contributed by atoms with Gasteiger partial charge in [-0.05, 0) is 66.4 Å². The molecule has 1 N–H and O–H groups in total. The zero-order chi connectivity index (χ0) is 23.5. The molecule has 0 spiro atoms. The fraction of sp³-hybridized carbons (Fsp3) is 0.240. The summed E-state index contributed by atoms with van der Waals surface area (Å²) >= 11 is 4.86. The molecule has 0 saturated heterocycles. The van der Waals surface area contributed by atoms with Crippen molar-refractivity contribution in [2.75, 3.05) is 11.1 Å². The Labute approximate surface area is 205 Å². The van der Waals surface area contributed by atoms with E-state index in [4.69, 9.17) is 4.74 Å². The van der Waals surface area contributed by atoms with E-state index in [1.54, 1.807) is 0 Å². The molecule has 0 bridgehead atoms. The largest absolute Gasteiger partial charge is 0.485 e. The Bertz CT molecular complexity index is 1340. The molecule has 0 saturated carbocycles. The van der Waals surface area contributed by atoms with Crippen LogP contribution < -0.4 is 10.1 Å². The normalized spacial score (nSPS) is 11.1. The van der Waals surface area contributed by atoms with E-state index in [1.807, 2.05) is 55.8 Å². The number of amides is 1. The van der Waals surface area contributed by atoms with Crippen LogP contribution in [0.2, 0.25) is 0 Å². The molecule has 0 atom stereocenters. The molecule has 0 radical (unpaired) electrons. The number of anilines is 1. The van der Waals surface area contributed by atoms with Crippen molar-refractivity contribution < 1.29 is 9.53 Å². The van der Waals surface area contributed by atoms with Crippen LogP contribution in [0.1, 0.15) is 22.5 Å². The lowest BCUT2D eigenvalue weighted by Gasteiger charge is -2.12. The van der Waals surface area contributed by atoms with Crippen molar-refractivity contribution in [3.63, 3.8) is 0 Å². The van der Waals surface area contributed by atoms with Gasteiger partial charge in [0.05, 0.1) is 5.75 Å². The van der Waals surface area contributed by atoms with Gasteiger partial charge in [-0.2, -0.15) is 0 Å². The summed E-state index contributed by atoms with van der Waals surface area (Å²) in [5.74, 6) is 1.68. The number of aromatic nitrogens is 3. The van der Waals surface area contributed by atoms with E-state index < -0.39 is 0 Å². The number of aryl methyl sites for hydroxylation is 1. The maximum absolute atomic E-state index is 12.5.